The van der Waals surface area contributed by atoms with Gasteiger partial charge in [-0.05, 0) is 70.3 Å². The van der Waals surface area contributed by atoms with Crippen molar-refractivity contribution in [1.82, 2.24) is 30.0 Å². The molecule has 2 saturated heterocycles. The zero-order chi connectivity index (χ0) is 30.4. The third kappa shape index (κ3) is 5.28. The van der Waals surface area contributed by atoms with E-state index in [0.29, 0.717) is 49.4 Å². The fourth-order valence-electron chi connectivity index (χ4n) is 6.59. The first-order valence-corrected chi connectivity index (χ1v) is 15.1. The van der Waals surface area contributed by atoms with Crippen LogP contribution in [0.4, 0.5) is 15.0 Å². The van der Waals surface area contributed by atoms with Crippen LogP contribution in [0.15, 0.2) is 18.5 Å². The van der Waals surface area contributed by atoms with Crippen molar-refractivity contribution in [3.63, 3.8) is 0 Å². The Kier molecular flexibility index (Phi) is 7.45. The van der Waals surface area contributed by atoms with E-state index in [1.807, 2.05) is 17.9 Å². The van der Waals surface area contributed by atoms with Gasteiger partial charge in [0, 0.05) is 29.7 Å². The Bertz CT molecular complexity index is 1730. The number of H-pyrrole nitrogens is 1. The first kappa shape index (κ1) is 28.7. The van der Waals surface area contributed by atoms with Gasteiger partial charge in [0.2, 0.25) is 0 Å². The van der Waals surface area contributed by atoms with Crippen LogP contribution in [0.25, 0.3) is 33.1 Å². The van der Waals surface area contributed by atoms with Gasteiger partial charge in [0.15, 0.2) is 11.4 Å². The van der Waals surface area contributed by atoms with Crippen molar-refractivity contribution >= 4 is 33.8 Å². The summed E-state index contributed by atoms with van der Waals surface area (Å²) in [6, 6.07) is 2.29. The standard InChI is InChI=1S/C31H36FN7O5/c1-18-12-23-21(14-34-37-23)24-20(18)7-5-10-42-30(40)44-31(2)16-39(9-11-41-17-31)28-22-13-33-27(24)25(32)26(22)35-29(36-28)43-15-19-6-4-8-38(19)3/h12-14,19H,4-11,15-17H2,1-3H3,(H,34,37)/t19-,31+/m0/s1. The molecule has 0 saturated carbocycles. The number of aryl methyl sites for hydroxylation is 1. The zero-order valence-electron chi connectivity index (χ0n) is 25.2. The Hall–Kier alpha value is -4.10. The van der Waals surface area contributed by atoms with Crippen LogP contribution in [-0.2, 0) is 20.6 Å². The molecule has 7 heterocycles. The molecular weight excluding hydrogens is 569 g/mol. The second kappa shape index (κ2) is 11.4. The molecule has 232 valence electrons. The molecule has 13 heteroatoms. The van der Waals surface area contributed by atoms with Gasteiger partial charge in [0.05, 0.1) is 43.5 Å². The van der Waals surface area contributed by atoms with Gasteiger partial charge in [-0.2, -0.15) is 15.1 Å². The van der Waals surface area contributed by atoms with E-state index in [9.17, 15) is 4.79 Å². The highest BCUT2D eigenvalue weighted by Gasteiger charge is 2.37. The average Bonchev–Trinajstić information content (AvgIpc) is 3.58. The molecule has 6 bridgehead atoms. The quantitative estimate of drug-likeness (QED) is 0.338. The minimum atomic E-state index is -1.04. The highest BCUT2D eigenvalue weighted by molar-refractivity contribution is 5.99. The SMILES string of the molecule is Cc1cc2[nH]ncc2c2c1CCCOC(=O)O[C@@]1(C)COCCN(C1)c1nc(OC[C@@H]3CCCN3C)nc3c(F)c-2ncc13. The van der Waals surface area contributed by atoms with Crippen LogP contribution in [-0.4, -0.2) is 101 Å². The predicted octanol–water partition coefficient (Wildman–Crippen LogP) is 4.18. The van der Waals surface area contributed by atoms with Crippen LogP contribution in [0.2, 0.25) is 0 Å². The second-order valence-corrected chi connectivity index (χ2v) is 12.2. The largest absolute Gasteiger partial charge is 0.508 e. The van der Waals surface area contributed by atoms with Gasteiger partial charge >= 0.3 is 12.2 Å². The number of nitrogens with one attached hydrogen (secondary N) is 1. The Balaban J connectivity index is 1.43. The molecule has 0 aliphatic carbocycles. The number of likely N-dealkylation sites (N-methyl/N-ethyl adjacent to an activating group) is 1. The molecule has 1 N–H and O–H groups in total. The number of ether oxygens (including phenoxy) is 4. The minimum absolute atomic E-state index is 0.0788. The van der Waals surface area contributed by atoms with Crippen molar-refractivity contribution < 1.29 is 28.1 Å². The Labute approximate surface area is 253 Å². The molecule has 4 aliphatic heterocycles. The van der Waals surface area contributed by atoms with Gasteiger partial charge in [0.1, 0.15) is 23.6 Å². The van der Waals surface area contributed by atoms with Crippen molar-refractivity contribution in [2.75, 3.05) is 58.0 Å². The Morgan fingerprint density at radius 2 is 2.07 bits per heavy atom. The number of carbonyl (C=O) groups is 1. The maximum atomic E-state index is 16.9. The molecular formula is C31H36FN7O5. The van der Waals surface area contributed by atoms with E-state index in [0.717, 1.165) is 41.4 Å². The van der Waals surface area contributed by atoms with E-state index in [1.165, 1.54) is 0 Å². The predicted molar refractivity (Wildman–Crippen MR) is 160 cm³/mol. The molecule has 8 rings (SSSR count). The summed E-state index contributed by atoms with van der Waals surface area (Å²) in [7, 11) is 2.07. The molecule has 2 fully saturated rings. The van der Waals surface area contributed by atoms with Crippen LogP contribution in [0.1, 0.15) is 37.3 Å². The molecule has 0 unspecified atom stereocenters. The van der Waals surface area contributed by atoms with Gasteiger partial charge in [0.25, 0.3) is 0 Å². The number of aromatic nitrogens is 5. The third-order valence-electron chi connectivity index (χ3n) is 8.89. The summed E-state index contributed by atoms with van der Waals surface area (Å²) in [5.41, 5.74) is 2.47. The Morgan fingerprint density at radius 1 is 1.18 bits per heavy atom. The zero-order valence-corrected chi connectivity index (χ0v) is 25.2. The molecule has 1 aromatic carbocycles. The summed E-state index contributed by atoms with van der Waals surface area (Å²) < 4.78 is 40.3. The lowest BCUT2D eigenvalue weighted by Crippen LogP contribution is -2.46. The molecule has 44 heavy (non-hydrogen) atoms. The van der Waals surface area contributed by atoms with E-state index in [2.05, 4.69) is 27.1 Å². The van der Waals surface area contributed by atoms with Crippen LogP contribution in [0.3, 0.4) is 0 Å². The number of rotatable bonds is 3. The first-order chi connectivity index (χ1) is 21.3. The van der Waals surface area contributed by atoms with Crippen molar-refractivity contribution in [2.24, 2.45) is 0 Å². The summed E-state index contributed by atoms with van der Waals surface area (Å²) >= 11 is 0. The number of anilines is 1. The van der Waals surface area contributed by atoms with Crippen molar-refractivity contribution in [3.8, 4) is 17.3 Å². The van der Waals surface area contributed by atoms with Gasteiger partial charge < -0.3 is 28.7 Å². The van der Waals surface area contributed by atoms with Gasteiger partial charge in [-0.25, -0.2) is 9.18 Å². The van der Waals surface area contributed by atoms with Gasteiger partial charge in [-0.15, -0.1) is 0 Å². The molecule has 12 nitrogen and oxygen atoms in total. The van der Waals surface area contributed by atoms with Crippen LogP contribution < -0.4 is 9.64 Å². The first-order valence-electron chi connectivity index (χ1n) is 15.1. The van der Waals surface area contributed by atoms with Gasteiger partial charge in [-0.3, -0.25) is 10.1 Å². The van der Waals surface area contributed by atoms with Gasteiger partial charge in [-0.1, -0.05) is 0 Å². The smallest absolute Gasteiger partial charge is 0.462 e. The van der Waals surface area contributed by atoms with Crippen LogP contribution >= 0.6 is 0 Å². The number of hydrogen-bond donors (Lipinski definition) is 1. The second-order valence-electron chi connectivity index (χ2n) is 12.2. The summed E-state index contributed by atoms with van der Waals surface area (Å²) in [5.74, 6) is -0.131. The maximum absolute atomic E-state index is 16.9. The summed E-state index contributed by atoms with van der Waals surface area (Å²) in [6.45, 7) is 6.45. The number of halogens is 1. The molecule has 4 aliphatic rings. The molecule has 0 radical (unpaired) electrons. The monoisotopic (exact) mass is 605 g/mol. The number of hydrogen-bond acceptors (Lipinski definition) is 11. The Morgan fingerprint density at radius 3 is 2.91 bits per heavy atom. The third-order valence-corrected chi connectivity index (χ3v) is 8.89. The average molecular weight is 606 g/mol. The highest BCUT2D eigenvalue weighted by Crippen LogP contribution is 2.39. The number of fused-ring (bicyclic) bond motifs is 7. The number of nitrogens with zero attached hydrogens (tertiary/aromatic N) is 6. The normalized spacial score (nSPS) is 23.1. The lowest BCUT2D eigenvalue weighted by Gasteiger charge is -2.32. The fraction of sp³-hybridized carbons (Fsp3) is 0.516. The van der Waals surface area contributed by atoms with E-state index >= 15 is 4.39 Å². The van der Waals surface area contributed by atoms with Crippen molar-refractivity contribution in [3.05, 3.63) is 35.4 Å². The minimum Gasteiger partial charge on any atom is -0.462 e. The lowest BCUT2D eigenvalue weighted by molar-refractivity contribution is -0.0575. The number of likely N-dealkylation sites (tertiary alicyclic amines) is 1. The molecule has 3 aromatic heterocycles. The summed E-state index contributed by atoms with van der Waals surface area (Å²) in [4.78, 5) is 31.1. The number of aromatic amines is 1. The van der Waals surface area contributed by atoms with E-state index < -0.39 is 17.6 Å². The fourth-order valence-corrected chi connectivity index (χ4v) is 6.59. The topological polar surface area (TPSA) is 128 Å². The van der Waals surface area contributed by atoms with E-state index in [-0.39, 0.29) is 43.0 Å². The summed E-state index contributed by atoms with van der Waals surface area (Å²) in [5, 5.41) is 8.40. The number of pyridine rings is 1. The molecule has 2 atom stereocenters. The number of benzene rings is 1. The van der Waals surface area contributed by atoms with E-state index in [4.69, 9.17) is 28.9 Å². The lowest BCUT2D eigenvalue weighted by atomic mass is 9.92. The summed E-state index contributed by atoms with van der Waals surface area (Å²) in [6.07, 6.45) is 5.66. The van der Waals surface area contributed by atoms with Crippen molar-refractivity contribution in [1.29, 1.82) is 0 Å². The molecule has 0 amide bonds. The molecule has 0 spiro atoms. The highest BCUT2D eigenvalue weighted by atomic mass is 19.1. The van der Waals surface area contributed by atoms with Crippen molar-refractivity contribution in [2.45, 2.75) is 51.2 Å². The van der Waals surface area contributed by atoms with Crippen LogP contribution in [0.5, 0.6) is 6.01 Å². The maximum Gasteiger partial charge on any atom is 0.508 e. The van der Waals surface area contributed by atoms with Crippen LogP contribution in [0, 0.1) is 12.7 Å². The van der Waals surface area contributed by atoms with E-state index in [1.54, 1.807) is 19.3 Å². The number of carbonyl (C=O) groups excluding carboxylic acids is 1. The molecule has 4 aromatic rings.